The van der Waals surface area contributed by atoms with Gasteiger partial charge in [0, 0.05) is 19.2 Å². The average molecular weight is 258 g/mol. The fourth-order valence-electron chi connectivity index (χ4n) is 2.20. The lowest BCUT2D eigenvalue weighted by atomic mass is 10.0. The highest BCUT2D eigenvalue weighted by atomic mass is 16.5. The molecule has 0 bridgehead atoms. The van der Waals surface area contributed by atoms with E-state index in [2.05, 4.69) is 10.4 Å². The number of ether oxygens (including phenoxy) is 1. The molecule has 19 heavy (non-hydrogen) atoms. The fraction of sp³-hybridized carbons (Fsp3) is 0.231. The standard InChI is InChI=1S/C13H14N4O2/c1-17-11(5-14)9(6-15-17)8-2-3-12-10(4-8)16-13(18)7-19-12/h2-4,6H,5,7,14H2,1H3,(H,16,18). The number of fused-ring (bicyclic) bond motifs is 1. The smallest absolute Gasteiger partial charge is 0.262 e. The van der Waals surface area contributed by atoms with Crippen LogP contribution in [0.4, 0.5) is 5.69 Å². The zero-order valence-electron chi connectivity index (χ0n) is 10.5. The molecule has 6 heteroatoms. The van der Waals surface area contributed by atoms with E-state index >= 15 is 0 Å². The average Bonchev–Trinajstić information content (AvgIpc) is 2.79. The SMILES string of the molecule is Cn1ncc(-c2ccc3c(c2)NC(=O)CO3)c1CN. The number of carbonyl (C=O) groups excluding carboxylic acids is 1. The third-order valence-corrected chi connectivity index (χ3v) is 3.18. The summed E-state index contributed by atoms with van der Waals surface area (Å²) >= 11 is 0. The number of amides is 1. The van der Waals surface area contributed by atoms with Crippen LogP contribution < -0.4 is 15.8 Å². The Bertz CT molecular complexity index is 648. The van der Waals surface area contributed by atoms with Gasteiger partial charge in [-0.05, 0) is 17.7 Å². The van der Waals surface area contributed by atoms with Crippen molar-refractivity contribution in [1.29, 1.82) is 0 Å². The summed E-state index contributed by atoms with van der Waals surface area (Å²) in [6, 6.07) is 5.66. The molecule has 3 rings (SSSR count). The number of aromatic nitrogens is 2. The lowest BCUT2D eigenvalue weighted by molar-refractivity contribution is -0.118. The third-order valence-electron chi connectivity index (χ3n) is 3.18. The topological polar surface area (TPSA) is 82.2 Å². The van der Waals surface area contributed by atoms with Crippen LogP contribution in [0, 0.1) is 0 Å². The Balaban J connectivity index is 2.06. The van der Waals surface area contributed by atoms with Crippen LogP contribution in [0.5, 0.6) is 5.75 Å². The molecule has 98 valence electrons. The maximum absolute atomic E-state index is 11.3. The molecule has 2 heterocycles. The summed E-state index contributed by atoms with van der Waals surface area (Å²) in [5, 5.41) is 7.00. The molecular formula is C13H14N4O2. The zero-order chi connectivity index (χ0) is 13.4. The molecule has 6 nitrogen and oxygen atoms in total. The molecule has 3 N–H and O–H groups in total. The van der Waals surface area contributed by atoms with Crippen LogP contribution in [0.15, 0.2) is 24.4 Å². The second-order valence-electron chi connectivity index (χ2n) is 4.38. The van der Waals surface area contributed by atoms with E-state index in [0.717, 1.165) is 16.8 Å². The largest absolute Gasteiger partial charge is 0.482 e. The van der Waals surface area contributed by atoms with Gasteiger partial charge in [0.15, 0.2) is 6.61 Å². The Morgan fingerprint density at radius 1 is 1.53 bits per heavy atom. The van der Waals surface area contributed by atoms with Crippen LogP contribution >= 0.6 is 0 Å². The Kier molecular flexibility index (Phi) is 2.72. The molecule has 0 saturated heterocycles. The van der Waals surface area contributed by atoms with Crippen molar-refractivity contribution < 1.29 is 9.53 Å². The van der Waals surface area contributed by atoms with Crippen molar-refractivity contribution in [3.05, 3.63) is 30.1 Å². The number of rotatable bonds is 2. The van der Waals surface area contributed by atoms with E-state index in [1.165, 1.54) is 0 Å². The third kappa shape index (κ3) is 1.96. The van der Waals surface area contributed by atoms with E-state index in [1.54, 1.807) is 10.9 Å². The van der Waals surface area contributed by atoms with Gasteiger partial charge < -0.3 is 15.8 Å². The maximum Gasteiger partial charge on any atom is 0.262 e. The Morgan fingerprint density at radius 3 is 3.16 bits per heavy atom. The summed E-state index contributed by atoms with van der Waals surface area (Å²) in [5.41, 5.74) is 9.29. The predicted octanol–water partition coefficient (Wildman–Crippen LogP) is 0.877. The van der Waals surface area contributed by atoms with Gasteiger partial charge >= 0.3 is 0 Å². The first-order valence-corrected chi connectivity index (χ1v) is 5.97. The molecule has 1 aromatic heterocycles. The summed E-state index contributed by atoms with van der Waals surface area (Å²) in [4.78, 5) is 11.3. The van der Waals surface area contributed by atoms with E-state index in [4.69, 9.17) is 10.5 Å². The lowest BCUT2D eigenvalue weighted by Crippen LogP contribution is -2.25. The van der Waals surface area contributed by atoms with Crippen LogP contribution in [-0.4, -0.2) is 22.3 Å². The number of hydrogen-bond donors (Lipinski definition) is 2. The highest BCUT2D eigenvalue weighted by molar-refractivity contribution is 5.96. The van der Waals surface area contributed by atoms with Crippen LogP contribution in [0.25, 0.3) is 11.1 Å². The number of nitrogens with zero attached hydrogens (tertiary/aromatic N) is 2. The molecule has 0 radical (unpaired) electrons. The Labute approximate surface area is 110 Å². The number of benzene rings is 1. The molecular weight excluding hydrogens is 244 g/mol. The number of nitrogens with two attached hydrogens (primary N) is 1. The lowest BCUT2D eigenvalue weighted by Gasteiger charge is -2.18. The van der Waals surface area contributed by atoms with Gasteiger partial charge in [-0.15, -0.1) is 0 Å². The molecule has 0 saturated carbocycles. The predicted molar refractivity (Wildman–Crippen MR) is 70.7 cm³/mol. The normalized spacial score (nSPS) is 13.7. The van der Waals surface area contributed by atoms with Crippen molar-refractivity contribution in [3.8, 4) is 16.9 Å². The maximum atomic E-state index is 11.3. The van der Waals surface area contributed by atoms with E-state index in [0.29, 0.717) is 18.0 Å². The number of anilines is 1. The summed E-state index contributed by atoms with van der Waals surface area (Å²) in [5.74, 6) is 0.538. The van der Waals surface area contributed by atoms with Crippen LogP contribution in [-0.2, 0) is 18.4 Å². The van der Waals surface area contributed by atoms with Gasteiger partial charge in [-0.25, -0.2) is 0 Å². The quantitative estimate of drug-likeness (QED) is 0.837. The van der Waals surface area contributed by atoms with Gasteiger partial charge in [0.05, 0.1) is 17.6 Å². The summed E-state index contributed by atoms with van der Waals surface area (Å²) in [7, 11) is 1.86. The summed E-state index contributed by atoms with van der Waals surface area (Å²) < 4.78 is 7.08. The van der Waals surface area contributed by atoms with E-state index < -0.39 is 0 Å². The van der Waals surface area contributed by atoms with Crippen LogP contribution in [0.2, 0.25) is 0 Å². The van der Waals surface area contributed by atoms with Gasteiger partial charge in [-0.2, -0.15) is 5.10 Å². The minimum atomic E-state index is -0.144. The van der Waals surface area contributed by atoms with E-state index in [1.807, 2.05) is 25.2 Å². The van der Waals surface area contributed by atoms with Gasteiger partial charge in [-0.3, -0.25) is 9.48 Å². The molecule has 1 aliphatic heterocycles. The van der Waals surface area contributed by atoms with Crippen molar-refractivity contribution in [2.24, 2.45) is 12.8 Å². The van der Waals surface area contributed by atoms with Gasteiger partial charge in [0.1, 0.15) is 5.75 Å². The molecule has 0 unspecified atom stereocenters. The Hall–Kier alpha value is -2.34. The first-order chi connectivity index (χ1) is 9.19. The molecule has 2 aromatic rings. The number of nitrogens with one attached hydrogen (secondary N) is 1. The number of hydrogen-bond acceptors (Lipinski definition) is 4. The van der Waals surface area contributed by atoms with Crippen LogP contribution in [0.3, 0.4) is 0 Å². The molecule has 0 fully saturated rings. The highest BCUT2D eigenvalue weighted by Gasteiger charge is 2.17. The molecule has 1 aromatic carbocycles. The second-order valence-corrected chi connectivity index (χ2v) is 4.38. The first-order valence-electron chi connectivity index (χ1n) is 5.97. The molecule has 1 aliphatic rings. The monoisotopic (exact) mass is 258 g/mol. The minimum absolute atomic E-state index is 0.0628. The van der Waals surface area contributed by atoms with Gasteiger partial charge in [0.2, 0.25) is 0 Å². The fourth-order valence-corrected chi connectivity index (χ4v) is 2.20. The summed E-state index contributed by atoms with van der Waals surface area (Å²) in [6.07, 6.45) is 1.77. The molecule has 1 amide bonds. The highest BCUT2D eigenvalue weighted by Crippen LogP contribution is 2.33. The molecule has 0 atom stereocenters. The van der Waals surface area contributed by atoms with Gasteiger partial charge in [0.25, 0.3) is 5.91 Å². The number of carbonyl (C=O) groups is 1. The molecule has 0 spiro atoms. The van der Waals surface area contributed by atoms with Crippen molar-refractivity contribution in [1.82, 2.24) is 9.78 Å². The second kappa shape index (κ2) is 4.40. The van der Waals surface area contributed by atoms with Crippen molar-refractivity contribution in [3.63, 3.8) is 0 Å². The number of aryl methyl sites for hydroxylation is 1. The zero-order valence-corrected chi connectivity index (χ0v) is 10.5. The van der Waals surface area contributed by atoms with E-state index in [9.17, 15) is 4.79 Å². The van der Waals surface area contributed by atoms with Crippen molar-refractivity contribution in [2.45, 2.75) is 6.54 Å². The van der Waals surface area contributed by atoms with Crippen molar-refractivity contribution >= 4 is 11.6 Å². The first kappa shape index (κ1) is 11.7. The Morgan fingerprint density at radius 2 is 2.37 bits per heavy atom. The molecule has 0 aliphatic carbocycles. The minimum Gasteiger partial charge on any atom is -0.482 e. The van der Waals surface area contributed by atoms with Crippen molar-refractivity contribution in [2.75, 3.05) is 11.9 Å². The van der Waals surface area contributed by atoms with E-state index in [-0.39, 0.29) is 12.5 Å². The summed E-state index contributed by atoms with van der Waals surface area (Å²) in [6.45, 7) is 0.471. The van der Waals surface area contributed by atoms with Crippen LogP contribution in [0.1, 0.15) is 5.69 Å². The van der Waals surface area contributed by atoms with Gasteiger partial charge in [-0.1, -0.05) is 6.07 Å².